The molecule has 21 heavy (non-hydrogen) atoms. The Morgan fingerprint density at radius 1 is 1.24 bits per heavy atom. The fraction of sp³-hybridized carbons (Fsp3) is 0.176. The molecule has 4 heteroatoms. The molecule has 0 spiro atoms. The van der Waals surface area contributed by atoms with Gasteiger partial charge in [0.2, 0.25) is 0 Å². The average molecular weight is 300 g/mol. The SMILES string of the molecule is N#Cc1ccc(CC(CC(=O)O)c2cccc(Cl)c2)cc1. The van der Waals surface area contributed by atoms with Gasteiger partial charge in [-0.25, -0.2) is 0 Å². The van der Waals surface area contributed by atoms with Crippen LogP contribution < -0.4 is 0 Å². The van der Waals surface area contributed by atoms with Gasteiger partial charge in [-0.2, -0.15) is 5.26 Å². The van der Waals surface area contributed by atoms with Gasteiger partial charge in [0, 0.05) is 5.02 Å². The van der Waals surface area contributed by atoms with Crippen molar-refractivity contribution >= 4 is 17.6 Å². The van der Waals surface area contributed by atoms with Crippen molar-refractivity contribution < 1.29 is 9.90 Å². The highest BCUT2D eigenvalue weighted by Crippen LogP contribution is 2.26. The molecule has 0 saturated heterocycles. The highest BCUT2D eigenvalue weighted by Gasteiger charge is 2.16. The van der Waals surface area contributed by atoms with E-state index in [1.54, 1.807) is 24.3 Å². The Hall–Kier alpha value is -2.31. The van der Waals surface area contributed by atoms with Crippen molar-refractivity contribution in [3.05, 3.63) is 70.2 Å². The minimum absolute atomic E-state index is 0.0420. The van der Waals surface area contributed by atoms with Crippen LogP contribution in [0.5, 0.6) is 0 Å². The lowest BCUT2D eigenvalue weighted by Crippen LogP contribution is -2.09. The lowest BCUT2D eigenvalue weighted by molar-refractivity contribution is -0.137. The molecule has 106 valence electrons. The average Bonchev–Trinajstić information content (AvgIpc) is 2.47. The molecule has 2 rings (SSSR count). The molecule has 1 atom stereocenters. The van der Waals surface area contributed by atoms with Gasteiger partial charge in [0.25, 0.3) is 0 Å². The molecule has 0 fully saturated rings. The van der Waals surface area contributed by atoms with E-state index in [1.807, 2.05) is 24.3 Å². The number of carboxylic acids is 1. The smallest absolute Gasteiger partial charge is 0.303 e. The van der Waals surface area contributed by atoms with Gasteiger partial charge in [-0.1, -0.05) is 35.9 Å². The van der Waals surface area contributed by atoms with Crippen molar-refractivity contribution in [2.75, 3.05) is 0 Å². The van der Waals surface area contributed by atoms with E-state index in [0.717, 1.165) is 11.1 Å². The summed E-state index contributed by atoms with van der Waals surface area (Å²) >= 11 is 5.98. The summed E-state index contributed by atoms with van der Waals surface area (Å²) in [6, 6.07) is 16.6. The topological polar surface area (TPSA) is 61.1 Å². The molecule has 0 aliphatic rings. The van der Waals surface area contributed by atoms with E-state index in [2.05, 4.69) is 6.07 Å². The predicted molar refractivity (Wildman–Crippen MR) is 81.3 cm³/mol. The zero-order valence-corrected chi connectivity index (χ0v) is 12.0. The maximum atomic E-state index is 11.1. The van der Waals surface area contributed by atoms with Gasteiger partial charge in [-0.15, -0.1) is 0 Å². The molecule has 3 nitrogen and oxygen atoms in total. The molecule has 0 heterocycles. The number of carboxylic acid groups (broad SMARTS) is 1. The van der Waals surface area contributed by atoms with Crippen LogP contribution >= 0.6 is 11.6 Å². The number of nitrogens with zero attached hydrogens (tertiary/aromatic N) is 1. The third kappa shape index (κ3) is 4.34. The summed E-state index contributed by atoms with van der Waals surface area (Å²) in [5, 5.41) is 18.5. The van der Waals surface area contributed by atoms with Gasteiger partial charge < -0.3 is 5.11 Å². The molecule has 0 radical (unpaired) electrons. The summed E-state index contributed by atoms with van der Waals surface area (Å²) in [6.07, 6.45) is 0.638. The van der Waals surface area contributed by atoms with Gasteiger partial charge in [-0.3, -0.25) is 4.79 Å². The Labute approximate surface area is 128 Å². The molecule has 0 amide bonds. The Bertz CT molecular complexity index is 674. The summed E-state index contributed by atoms with van der Waals surface area (Å²) in [6.45, 7) is 0. The van der Waals surface area contributed by atoms with Crippen molar-refractivity contribution in [3.8, 4) is 6.07 Å². The predicted octanol–water partition coefficient (Wildman–Crippen LogP) is 4.01. The Kier molecular flexibility index (Phi) is 4.97. The van der Waals surface area contributed by atoms with Crippen molar-refractivity contribution in [1.29, 1.82) is 5.26 Å². The van der Waals surface area contributed by atoms with E-state index in [4.69, 9.17) is 22.0 Å². The zero-order chi connectivity index (χ0) is 15.2. The molecule has 1 unspecified atom stereocenters. The number of rotatable bonds is 5. The highest BCUT2D eigenvalue weighted by atomic mass is 35.5. The van der Waals surface area contributed by atoms with Crippen LogP contribution in [0.25, 0.3) is 0 Å². The lowest BCUT2D eigenvalue weighted by Gasteiger charge is -2.16. The third-order valence-electron chi connectivity index (χ3n) is 3.31. The number of carbonyl (C=O) groups is 1. The minimum Gasteiger partial charge on any atom is -0.481 e. The first-order chi connectivity index (χ1) is 10.1. The molecule has 0 aliphatic heterocycles. The number of hydrogen-bond acceptors (Lipinski definition) is 2. The highest BCUT2D eigenvalue weighted by molar-refractivity contribution is 6.30. The van der Waals surface area contributed by atoms with Crippen molar-refractivity contribution in [2.24, 2.45) is 0 Å². The van der Waals surface area contributed by atoms with Gasteiger partial charge in [0.1, 0.15) is 0 Å². The normalized spacial score (nSPS) is 11.6. The van der Waals surface area contributed by atoms with Crippen LogP contribution in [-0.4, -0.2) is 11.1 Å². The van der Waals surface area contributed by atoms with Gasteiger partial charge in [0.15, 0.2) is 0 Å². The van der Waals surface area contributed by atoms with E-state index >= 15 is 0 Å². The van der Waals surface area contributed by atoms with Crippen LogP contribution in [0.15, 0.2) is 48.5 Å². The van der Waals surface area contributed by atoms with Crippen LogP contribution in [0.3, 0.4) is 0 Å². The lowest BCUT2D eigenvalue weighted by atomic mass is 9.89. The van der Waals surface area contributed by atoms with E-state index in [1.165, 1.54) is 0 Å². The van der Waals surface area contributed by atoms with E-state index in [9.17, 15) is 4.79 Å². The summed E-state index contributed by atoms with van der Waals surface area (Å²) in [7, 11) is 0. The first-order valence-corrected chi connectivity index (χ1v) is 6.92. The van der Waals surface area contributed by atoms with Crippen molar-refractivity contribution in [2.45, 2.75) is 18.8 Å². The monoisotopic (exact) mass is 299 g/mol. The van der Waals surface area contributed by atoms with E-state index in [-0.39, 0.29) is 12.3 Å². The molecule has 0 bridgehead atoms. The molecular weight excluding hydrogens is 286 g/mol. The van der Waals surface area contributed by atoms with E-state index in [0.29, 0.717) is 17.0 Å². The molecule has 0 aliphatic carbocycles. The molecule has 0 aromatic heterocycles. The molecule has 0 saturated carbocycles. The Balaban J connectivity index is 2.23. The maximum absolute atomic E-state index is 11.1. The molecule has 2 aromatic carbocycles. The number of halogens is 1. The first-order valence-electron chi connectivity index (χ1n) is 6.55. The van der Waals surface area contributed by atoms with Gasteiger partial charge >= 0.3 is 5.97 Å². The number of nitriles is 1. The van der Waals surface area contributed by atoms with Gasteiger partial charge in [-0.05, 0) is 47.7 Å². The molecule has 2 aromatic rings. The zero-order valence-electron chi connectivity index (χ0n) is 11.3. The summed E-state index contributed by atoms with van der Waals surface area (Å²) in [5.41, 5.74) is 2.51. The van der Waals surface area contributed by atoms with Crippen LogP contribution in [0.2, 0.25) is 5.02 Å². The van der Waals surface area contributed by atoms with Crippen molar-refractivity contribution in [3.63, 3.8) is 0 Å². The number of aliphatic carboxylic acids is 1. The Morgan fingerprint density at radius 3 is 2.52 bits per heavy atom. The Morgan fingerprint density at radius 2 is 1.95 bits per heavy atom. The second-order valence-corrected chi connectivity index (χ2v) is 5.30. The summed E-state index contributed by atoms with van der Waals surface area (Å²) < 4.78 is 0. The summed E-state index contributed by atoms with van der Waals surface area (Å²) in [4.78, 5) is 11.1. The van der Waals surface area contributed by atoms with Crippen LogP contribution in [0.1, 0.15) is 29.0 Å². The molecule has 1 N–H and O–H groups in total. The number of benzene rings is 2. The molecular formula is C17H14ClNO2. The second kappa shape index (κ2) is 6.92. The minimum atomic E-state index is -0.839. The number of hydrogen-bond donors (Lipinski definition) is 1. The van der Waals surface area contributed by atoms with E-state index < -0.39 is 5.97 Å². The van der Waals surface area contributed by atoms with Crippen LogP contribution in [0.4, 0.5) is 0 Å². The summed E-state index contributed by atoms with van der Waals surface area (Å²) in [5.74, 6) is -0.984. The van der Waals surface area contributed by atoms with Crippen LogP contribution in [0, 0.1) is 11.3 Å². The fourth-order valence-electron chi connectivity index (χ4n) is 2.28. The largest absolute Gasteiger partial charge is 0.481 e. The first kappa shape index (κ1) is 15.1. The standard InChI is InChI=1S/C17H14ClNO2/c18-16-3-1-2-14(9-16)15(10-17(20)21)8-12-4-6-13(11-19)7-5-12/h1-7,9,15H,8,10H2,(H,20,21). The maximum Gasteiger partial charge on any atom is 0.303 e. The van der Waals surface area contributed by atoms with Crippen LogP contribution in [-0.2, 0) is 11.2 Å². The van der Waals surface area contributed by atoms with Crippen molar-refractivity contribution in [1.82, 2.24) is 0 Å². The second-order valence-electron chi connectivity index (χ2n) is 4.86. The van der Waals surface area contributed by atoms with Gasteiger partial charge in [0.05, 0.1) is 18.1 Å². The fourth-order valence-corrected chi connectivity index (χ4v) is 2.48. The third-order valence-corrected chi connectivity index (χ3v) is 3.54. The quantitative estimate of drug-likeness (QED) is 0.907.